The minimum Gasteiger partial charge on any atom is -0.314 e. The minimum absolute atomic E-state index is 0.0351. The van der Waals surface area contributed by atoms with Gasteiger partial charge in [-0.2, -0.15) is 4.31 Å². The molecule has 6 heteroatoms. The monoisotopic (exact) mass is 303 g/mol. The molecule has 2 aliphatic heterocycles. The zero-order valence-electron chi connectivity index (χ0n) is 13.2. The van der Waals surface area contributed by atoms with E-state index in [1.165, 1.54) is 6.42 Å². The predicted octanol–water partition coefficient (Wildman–Crippen LogP) is 1.22. The van der Waals surface area contributed by atoms with Crippen LogP contribution in [0.3, 0.4) is 0 Å². The van der Waals surface area contributed by atoms with Crippen LogP contribution in [0.25, 0.3) is 0 Å². The quantitative estimate of drug-likeness (QED) is 0.833. The molecule has 2 rings (SSSR count). The van der Waals surface area contributed by atoms with Crippen molar-refractivity contribution in [1.29, 1.82) is 0 Å². The molecular formula is C14H29N3O2S. The highest BCUT2D eigenvalue weighted by atomic mass is 32.2. The molecule has 1 atom stereocenters. The van der Waals surface area contributed by atoms with Gasteiger partial charge in [0, 0.05) is 25.7 Å². The standard InChI is InChI=1S/C14H29N3O2S/c1-12(2)16-9-6-5-7-13(16)17-10-8-15-11-14(3,4)20(17,18)19/h12-13,15H,5-11H2,1-4H3. The highest BCUT2D eigenvalue weighted by Gasteiger charge is 2.45. The van der Waals surface area contributed by atoms with E-state index in [4.69, 9.17) is 0 Å². The Balaban J connectivity index is 2.32. The lowest BCUT2D eigenvalue weighted by atomic mass is 10.1. The van der Waals surface area contributed by atoms with E-state index >= 15 is 0 Å². The molecule has 0 aliphatic carbocycles. The summed E-state index contributed by atoms with van der Waals surface area (Å²) in [6.45, 7) is 10.8. The normalized spacial score (nSPS) is 32.1. The second-order valence-electron chi connectivity index (χ2n) is 6.86. The second-order valence-corrected chi connectivity index (χ2v) is 9.38. The van der Waals surface area contributed by atoms with Crippen LogP contribution in [0.4, 0.5) is 0 Å². The Morgan fingerprint density at radius 1 is 1.20 bits per heavy atom. The topological polar surface area (TPSA) is 52.6 Å². The number of piperidine rings is 1. The Hall–Kier alpha value is -0.170. The van der Waals surface area contributed by atoms with E-state index in [-0.39, 0.29) is 6.17 Å². The fourth-order valence-electron chi connectivity index (χ4n) is 3.26. The average molecular weight is 303 g/mol. The maximum Gasteiger partial charge on any atom is 0.221 e. The van der Waals surface area contributed by atoms with Gasteiger partial charge >= 0.3 is 0 Å². The van der Waals surface area contributed by atoms with Crippen molar-refractivity contribution in [2.24, 2.45) is 0 Å². The molecule has 0 aromatic rings. The molecule has 0 amide bonds. The molecule has 118 valence electrons. The molecule has 2 saturated heterocycles. The van der Waals surface area contributed by atoms with Crippen LogP contribution in [0, 0.1) is 0 Å². The van der Waals surface area contributed by atoms with Crippen LogP contribution >= 0.6 is 0 Å². The Labute approximate surface area is 123 Å². The van der Waals surface area contributed by atoms with Crippen molar-refractivity contribution in [2.45, 2.75) is 63.9 Å². The lowest BCUT2D eigenvalue weighted by Gasteiger charge is -2.45. The number of hydrogen-bond donors (Lipinski definition) is 1. The van der Waals surface area contributed by atoms with Gasteiger partial charge in [0.15, 0.2) is 0 Å². The molecule has 20 heavy (non-hydrogen) atoms. The van der Waals surface area contributed by atoms with Crippen molar-refractivity contribution in [3.05, 3.63) is 0 Å². The third-order valence-electron chi connectivity index (χ3n) is 4.57. The van der Waals surface area contributed by atoms with Gasteiger partial charge in [0.1, 0.15) is 0 Å². The van der Waals surface area contributed by atoms with Crippen LogP contribution in [0.1, 0.15) is 47.0 Å². The lowest BCUT2D eigenvalue weighted by Crippen LogP contribution is -2.58. The van der Waals surface area contributed by atoms with Crippen LogP contribution in [-0.2, 0) is 10.0 Å². The van der Waals surface area contributed by atoms with Gasteiger partial charge in [0.05, 0.1) is 10.9 Å². The first-order valence-corrected chi connectivity index (χ1v) is 9.19. The first-order chi connectivity index (χ1) is 9.27. The summed E-state index contributed by atoms with van der Waals surface area (Å²) in [7, 11) is -3.28. The van der Waals surface area contributed by atoms with E-state index in [1.54, 1.807) is 4.31 Å². The van der Waals surface area contributed by atoms with E-state index in [0.717, 1.165) is 25.9 Å². The van der Waals surface area contributed by atoms with E-state index < -0.39 is 14.8 Å². The zero-order valence-corrected chi connectivity index (χ0v) is 14.0. The molecule has 0 spiro atoms. The number of sulfonamides is 1. The first-order valence-electron chi connectivity index (χ1n) is 7.75. The number of nitrogens with zero attached hydrogens (tertiary/aromatic N) is 2. The summed E-state index contributed by atoms with van der Waals surface area (Å²) in [6.07, 6.45) is 3.28. The lowest BCUT2D eigenvalue weighted by molar-refractivity contribution is 0.0388. The average Bonchev–Trinajstić information content (AvgIpc) is 2.47. The Morgan fingerprint density at radius 3 is 2.55 bits per heavy atom. The summed E-state index contributed by atoms with van der Waals surface area (Å²) < 4.78 is 27.0. The fourth-order valence-corrected chi connectivity index (χ4v) is 5.06. The highest BCUT2D eigenvalue weighted by Crippen LogP contribution is 2.30. The van der Waals surface area contributed by atoms with Crippen molar-refractivity contribution in [2.75, 3.05) is 26.2 Å². The van der Waals surface area contributed by atoms with Crippen LogP contribution in [0.5, 0.6) is 0 Å². The van der Waals surface area contributed by atoms with Crippen molar-refractivity contribution in [3.63, 3.8) is 0 Å². The third kappa shape index (κ3) is 2.89. The van der Waals surface area contributed by atoms with E-state index in [0.29, 0.717) is 19.1 Å². The fraction of sp³-hybridized carbons (Fsp3) is 1.00. The van der Waals surface area contributed by atoms with Crippen molar-refractivity contribution in [1.82, 2.24) is 14.5 Å². The zero-order chi connectivity index (χ0) is 15.0. The molecule has 1 unspecified atom stereocenters. The third-order valence-corrected chi connectivity index (χ3v) is 7.16. The summed E-state index contributed by atoms with van der Waals surface area (Å²) >= 11 is 0. The van der Waals surface area contributed by atoms with Gasteiger partial charge in [0.25, 0.3) is 0 Å². The smallest absolute Gasteiger partial charge is 0.221 e. The molecule has 2 fully saturated rings. The molecular weight excluding hydrogens is 274 g/mol. The van der Waals surface area contributed by atoms with Gasteiger partial charge in [-0.1, -0.05) is 0 Å². The van der Waals surface area contributed by atoms with Gasteiger partial charge in [-0.05, 0) is 53.5 Å². The Kier molecular flexibility index (Phi) is 4.79. The Bertz CT molecular complexity index is 434. The summed E-state index contributed by atoms with van der Waals surface area (Å²) in [5.74, 6) is 0. The van der Waals surface area contributed by atoms with Crippen molar-refractivity contribution < 1.29 is 8.42 Å². The van der Waals surface area contributed by atoms with Gasteiger partial charge in [-0.3, -0.25) is 4.90 Å². The number of rotatable bonds is 2. The molecule has 0 saturated carbocycles. The van der Waals surface area contributed by atoms with Crippen molar-refractivity contribution >= 4 is 10.0 Å². The molecule has 2 heterocycles. The van der Waals surface area contributed by atoms with E-state index in [9.17, 15) is 8.42 Å². The van der Waals surface area contributed by atoms with Gasteiger partial charge in [0.2, 0.25) is 10.0 Å². The molecule has 2 aliphatic rings. The van der Waals surface area contributed by atoms with Gasteiger partial charge in [-0.25, -0.2) is 8.42 Å². The maximum atomic E-state index is 13.0. The molecule has 1 N–H and O–H groups in total. The first kappa shape index (κ1) is 16.2. The van der Waals surface area contributed by atoms with Crippen LogP contribution in [0.2, 0.25) is 0 Å². The minimum atomic E-state index is -3.28. The highest BCUT2D eigenvalue weighted by molar-refractivity contribution is 7.90. The van der Waals surface area contributed by atoms with E-state index in [2.05, 4.69) is 24.1 Å². The SMILES string of the molecule is CC(C)N1CCCCC1N1CCNCC(C)(C)S1(=O)=O. The van der Waals surface area contributed by atoms with Crippen LogP contribution in [-0.4, -0.2) is 60.8 Å². The predicted molar refractivity (Wildman–Crippen MR) is 82.1 cm³/mol. The van der Waals surface area contributed by atoms with Crippen molar-refractivity contribution in [3.8, 4) is 0 Å². The maximum absolute atomic E-state index is 13.0. The number of likely N-dealkylation sites (tertiary alicyclic amines) is 1. The molecule has 5 nitrogen and oxygen atoms in total. The van der Waals surface area contributed by atoms with Gasteiger partial charge < -0.3 is 5.32 Å². The number of hydrogen-bond acceptors (Lipinski definition) is 4. The van der Waals surface area contributed by atoms with Crippen LogP contribution < -0.4 is 5.32 Å². The summed E-state index contributed by atoms with van der Waals surface area (Å²) in [5.41, 5.74) is 0. The second kappa shape index (κ2) is 5.91. The Morgan fingerprint density at radius 2 is 1.90 bits per heavy atom. The molecule has 0 aromatic heterocycles. The summed E-state index contributed by atoms with van der Waals surface area (Å²) in [5, 5.41) is 3.27. The van der Waals surface area contributed by atoms with Crippen LogP contribution in [0.15, 0.2) is 0 Å². The van der Waals surface area contributed by atoms with E-state index in [1.807, 2.05) is 13.8 Å². The largest absolute Gasteiger partial charge is 0.314 e. The summed E-state index contributed by atoms with van der Waals surface area (Å²) in [4.78, 5) is 2.35. The molecule has 0 bridgehead atoms. The van der Waals surface area contributed by atoms with Gasteiger partial charge in [-0.15, -0.1) is 0 Å². The summed E-state index contributed by atoms with van der Waals surface area (Å²) in [6, 6.07) is 0.384. The molecule has 0 radical (unpaired) electrons. The number of nitrogens with one attached hydrogen (secondary N) is 1. The molecule has 0 aromatic carbocycles.